The Balaban J connectivity index is 1.65. The number of ketones is 1. The van der Waals surface area contributed by atoms with Gasteiger partial charge < -0.3 is 54.7 Å². The first-order valence-corrected chi connectivity index (χ1v) is 12.2. The number of carbonyl (C=O) groups is 1. The highest BCUT2D eigenvalue weighted by Crippen LogP contribution is 2.49. The van der Waals surface area contributed by atoms with Crippen LogP contribution in [0.2, 0.25) is 0 Å². The molecule has 0 bridgehead atoms. The monoisotopic (exact) mass is 520 g/mol. The average Bonchev–Trinajstić information content (AvgIpc) is 3.09. The van der Waals surface area contributed by atoms with Gasteiger partial charge in [-0.05, 0) is 43.3 Å². The highest BCUT2D eigenvalue weighted by molar-refractivity contribution is 5.87. The number of rotatable bonds is 8. The first-order chi connectivity index (χ1) is 16.6. The lowest BCUT2D eigenvalue weighted by atomic mass is 9.59. The van der Waals surface area contributed by atoms with E-state index in [1.807, 2.05) is 20.8 Å². The second-order valence-corrected chi connectivity index (χ2v) is 11.0. The number of aliphatic hydroxyl groups is 7. The molecule has 12 nitrogen and oxygen atoms in total. The largest absolute Gasteiger partial charge is 0.393 e. The predicted molar refractivity (Wildman–Crippen MR) is 122 cm³/mol. The molecular formula is C24H40O12. The number of allylic oxidation sites excluding steroid dienone is 1. The molecule has 12 heteroatoms. The summed E-state index contributed by atoms with van der Waals surface area (Å²) in [7, 11) is 0. The summed E-state index contributed by atoms with van der Waals surface area (Å²) >= 11 is 0. The van der Waals surface area contributed by atoms with Gasteiger partial charge in [-0.3, -0.25) is 4.79 Å². The van der Waals surface area contributed by atoms with Crippen LogP contribution >= 0.6 is 0 Å². The predicted octanol–water partition coefficient (Wildman–Crippen LogP) is -2.03. The van der Waals surface area contributed by atoms with Gasteiger partial charge in [0, 0.05) is 0 Å². The minimum Gasteiger partial charge on any atom is -0.393 e. The van der Waals surface area contributed by atoms with Crippen molar-refractivity contribution in [2.45, 2.75) is 101 Å². The van der Waals surface area contributed by atoms with Crippen molar-refractivity contribution < 1.29 is 59.5 Å². The fraction of sp³-hybridized carbons (Fsp3) is 0.875. The van der Waals surface area contributed by atoms with Crippen molar-refractivity contribution in [2.75, 3.05) is 19.8 Å². The highest BCUT2D eigenvalue weighted by Gasteiger charge is 2.53. The van der Waals surface area contributed by atoms with Crippen LogP contribution in [0.3, 0.4) is 0 Å². The first-order valence-electron chi connectivity index (χ1n) is 12.2. The van der Waals surface area contributed by atoms with E-state index in [1.54, 1.807) is 0 Å². The van der Waals surface area contributed by atoms with Crippen LogP contribution in [0, 0.1) is 11.3 Å². The molecule has 0 amide bonds. The Morgan fingerprint density at radius 2 is 1.75 bits per heavy atom. The number of hydrogen-bond acceptors (Lipinski definition) is 12. The normalized spacial score (nSPS) is 47.4. The molecule has 3 aliphatic rings. The molecule has 0 aromatic heterocycles. The van der Waals surface area contributed by atoms with E-state index < -0.39 is 72.4 Å². The maximum atomic E-state index is 11.4. The minimum absolute atomic E-state index is 0.180. The van der Waals surface area contributed by atoms with E-state index in [1.165, 1.54) is 19.1 Å². The SMILES string of the molecule is CC(=O)/C=C/[C@@]1(O)[C@H](C)C[C@H](O[C@@H]2O[C@H](CO[C@@H]3OC[C@@](O)(CO)[C@@H]3O)[C@@H](O)[C@H](O)[C@H]2O)CC1(C)C. The van der Waals surface area contributed by atoms with Crippen LogP contribution in [0.1, 0.15) is 40.5 Å². The van der Waals surface area contributed by atoms with E-state index in [-0.39, 0.29) is 24.9 Å². The van der Waals surface area contributed by atoms with Gasteiger partial charge in [-0.2, -0.15) is 0 Å². The maximum absolute atomic E-state index is 11.4. The number of carbonyl (C=O) groups excluding carboxylic acids is 1. The zero-order valence-electron chi connectivity index (χ0n) is 21.1. The lowest BCUT2D eigenvalue weighted by Gasteiger charge is -2.52. The standard InChI is InChI=1S/C24H40O12/c1-12-7-14(8-22(3,4)24(12,32)6-5-13(2)26)35-20-18(29)17(28)16(27)15(36-20)9-33-21-19(30)23(31,10-25)11-34-21/h5-6,12,14-21,25,27-32H,7-11H2,1-4H3/b6-5+/t12-,14+,15-,16-,17+,18-,19-,20-,21-,23+,24-/m1/s1. The van der Waals surface area contributed by atoms with Crippen molar-refractivity contribution in [3.05, 3.63) is 12.2 Å². The molecule has 208 valence electrons. The summed E-state index contributed by atoms with van der Waals surface area (Å²) < 4.78 is 22.3. The maximum Gasteiger partial charge on any atom is 0.186 e. The molecule has 0 unspecified atom stereocenters. The third-order valence-electron chi connectivity index (χ3n) is 7.76. The van der Waals surface area contributed by atoms with Crippen LogP contribution in [-0.2, 0) is 23.7 Å². The second kappa shape index (κ2) is 11.0. The van der Waals surface area contributed by atoms with Crippen LogP contribution in [0.4, 0.5) is 0 Å². The topological polar surface area (TPSA) is 196 Å². The van der Waals surface area contributed by atoms with E-state index in [0.717, 1.165) is 0 Å². The number of aliphatic hydroxyl groups excluding tert-OH is 5. The molecule has 2 saturated heterocycles. The van der Waals surface area contributed by atoms with Gasteiger partial charge in [-0.25, -0.2) is 0 Å². The molecule has 0 aromatic carbocycles. The Morgan fingerprint density at radius 3 is 2.31 bits per heavy atom. The van der Waals surface area contributed by atoms with Crippen molar-refractivity contribution in [1.29, 1.82) is 0 Å². The third-order valence-corrected chi connectivity index (χ3v) is 7.76. The number of ether oxygens (including phenoxy) is 4. The summed E-state index contributed by atoms with van der Waals surface area (Å²) in [5.41, 5.74) is -3.86. The Labute approximate surface area is 210 Å². The number of hydrogen-bond donors (Lipinski definition) is 7. The van der Waals surface area contributed by atoms with Crippen LogP contribution in [0.15, 0.2) is 12.2 Å². The van der Waals surface area contributed by atoms with E-state index >= 15 is 0 Å². The summed E-state index contributed by atoms with van der Waals surface area (Å²) in [4.78, 5) is 11.4. The van der Waals surface area contributed by atoms with Crippen LogP contribution in [-0.4, -0.2) is 122 Å². The summed E-state index contributed by atoms with van der Waals surface area (Å²) in [5, 5.41) is 72.1. The van der Waals surface area contributed by atoms with E-state index in [9.17, 15) is 40.5 Å². The Kier molecular flexibility index (Phi) is 9.01. The molecule has 3 rings (SSSR count). The molecule has 0 radical (unpaired) electrons. The zero-order valence-corrected chi connectivity index (χ0v) is 21.1. The fourth-order valence-corrected chi connectivity index (χ4v) is 5.28. The molecule has 0 spiro atoms. The van der Waals surface area contributed by atoms with Crippen molar-refractivity contribution >= 4 is 5.78 Å². The van der Waals surface area contributed by atoms with Crippen LogP contribution in [0.25, 0.3) is 0 Å². The van der Waals surface area contributed by atoms with Gasteiger partial charge in [0.15, 0.2) is 18.4 Å². The second-order valence-electron chi connectivity index (χ2n) is 11.0. The molecular weight excluding hydrogens is 480 g/mol. The fourth-order valence-electron chi connectivity index (χ4n) is 5.28. The Bertz CT molecular complexity index is 804. The molecule has 7 N–H and O–H groups in total. The Morgan fingerprint density at radius 1 is 1.08 bits per heavy atom. The molecule has 1 aliphatic carbocycles. The molecule has 2 aliphatic heterocycles. The molecule has 3 fully saturated rings. The molecule has 11 atom stereocenters. The van der Waals surface area contributed by atoms with Gasteiger partial charge in [-0.15, -0.1) is 0 Å². The van der Waals surface area contributed by atoms with Gasteiger partial charge in [-0.1, -0.05) is 20.8 Å². The van der Waals surface area contributed by atoms with Gasteiger partial charge in [0.05, 0.1) is 31.5 Å². The molecule has 2 heterocycles. The molecule has 36 heavy (non-hydrogen) atoms. The third kappa shape index (κ3) is 5.69. The minimum atomic E-state index is -1.88. The first kappa shape index (κ1) is 29.5. The zero-order chi connectivity index (χ0) is 27.1. The highest BCUT2D eigenvalue weighted by atomic mass is 16.7. The Hall–Kier alpha value is -1.03. The van der Waals surface area contributed by atoms with Crippen molar-refractivity contribution in [1.82, 2.24) is 0 Å². The molecule has 0 aromatic rings. The van der Waals surface area contributed by atoms with Gasteiger partial charge in [0.25, 0.3) is 0 Å². The van der Waals surface area contributed by atoms with E-state index in [4.69, 9.17) is 18.9 Å². The van der Waals surface area contributed by atoms with Crippen molar-refractivity contribution in [3.63, 3.8) is 0 Å². The quantitative estimate of drug-likeness (QED) is 0.174. The summed E-state index contributed by atoms with van der Waals surface area (Å²) in [5.74, 6) is -0.496. The van der Waals surface area contributed by atoms with Crippen molar-refractivity contribution in [3.8, 4) is 0 Å². The lowest BCUT2D eigenvalue weighted by molar-refractivity contribution is -0.325. The van der Waals surface area contributed by atoms with Gasteiger partial charge in [0.1, 0.15) is 36.1 Å². The van der Waals surface area contributed by atoms with Crippen LogP contribution in [0.5, 0.6) is 0 Å². The van der Waals surface area contributed by atoms with E-state index in [0.29, 0.717) is 12.8 Å². The summed E-state index contributed by atoms with van der Waals surface area (Å²) in [6.45, 7) is 5.44. The van der Waals surface area contributed by atoms with Crippen molar-refractivity contribution in [2.24, 2.45) is 11.3 Å². The average molecular weight is 521 g/mol. The lowest BCUT2D eigenvalue weighted by Crippen LogP contribution is -2.61. The van der Waals surface area contributed by atoms with Crippen LogP contribution < -0.4 is 0 Å². The van der Waals surface area contributed by atoms with Gasteiger partial charge >= 0.3 is 0 Å². The molecule has 1 saturated carbocycles. The van der Waals surface area contributed by atoms with E-state index in [2.05, 4.69) is 0 Å². The summed E-state index contributed by atoms with van der Waals surface area (Å²) in [6.07, 6.45) is -6.97. The van der Waals surface area contributed by atoms with Gasteiger partial charge in [0.2, 0.25) is 0 Å². The summed E-state index contributed by atoms with van der Waals surface area (Å²) in [6, 6.07) is 0. The smallest absolute Gasteiger partial charge is 0.186 e.